The fraction of sp³-hybridized carbons (Fsp3) is 0.727. The van der Waals surface area contributed by atoms with Crippen molar-refractivity contribution in [3.05, 3.63) is 11.5 Å². The molecule has 0 aromatic carbocycles. The molecule has 0 fully saturated rings. The summed E-state index contributed by atoms with van der Waals surface area (Å²) in [5.41, 5.74) is 6.90. The fourth-order valence-corrected chi connectivity index (χ4v) is 2.46. The molecule has 0 bridgehead atoms. The van der Waals surface area contributed by atoms with Crippen molar-refractivity contribution in [1.29, 1.82) is 0 Å². The number of oxazole rings is 1. The first-order valence-electron chi connectivity index (χ1n) is 5.42. The molecule has 2 unspecified atom stereocenters. The molecule has 0 aliphatic rings. The molecule has 92 valence electrons. The summed E-state index contributed by atoms with van der Waals surface area (Å²) in [5.74, 6) is 1.14. The maximum absolute atomic E-state index is 9.31. The third-order valence-corrected chi connectivity index (χ3v) is 3.78. The van der Waals surface area contributed by atoms with Gasteiger partial charge in [0.2, 0.25) is 0 Å². The molecule has 0 saturated heterocycles. The molecule has 3 N–H and O–H groups in total. The van der Waals surface area contributed by atoms with E-state index in [4.69, 9.17) is 10.2 Å². The van der Waals surface area contributed by atoms with E-state index in [-0.39, 0.29) is 17.9 Å². The van der Waals surface area contributed by atoms with Crippen LogP contribution in [0.15, 0.2) is 9.64 Å². The van der Waals surface area contributed by atoms with Crippen LogP contribution in [0.4, 0.5) is 0 Å². The number of hydrogen-bond acceptors (Lipinski definition) is 5. The fourth-order valence-electron chi connectivity index (χ4n) is 1.29. The van der Waals surface area contributed by atoms with E-state index in [9.17, 15) is 5.11 Å². The summed E-state index contributed by atoms with van der Waals surface area (Å²) in [7, 11) is 0. The highest BCUT2D eigenvalue weighted by Crippen LogP contribution is 2.27. The molecule has 2 atom stereocenters. The quantitative estimate of drug-likeness (QED) is 0.772. The number of aromatic nitrogens is 1. The molecule has 0 amide bonds. The van der Waals surface area contributed by atoms with Crippen LogP contribution in [0.1, 0.15) is 25.3 Å². The second-order valence-electron chi connectivity index (χ2n) is 4.28. The molecule has 0 radical (unpaired) electrons. The van der Waals surface area contributed by atoms with Crippen LogP contribution < -0.4 is 5.73 Å². The first kappa shape index (κ1) is 13.5. The van der Waals surface area contributed by atoms with E-state index in [0.717, 1.165) is 11.5 Å². The highest BCUT2D eigenvalue weighted by Gasteiger charge is 2.23. The van der Waals surface area contributed by atoms with Crippen molar-refractivity contribution >= 4 is 11.8 Å². The van der Waals surface area contributed by atoms with Crippen LogP contribution in [0.3, 0.4) is 0 Å². The van der Waals surface area contributed by atoms with Crippen LogP contribution in [0.2, 0.25) is 0 Å². The molecule has 1 heterocycles. The lowest BCUT2D eigenvalue weighted by Crippen LogP contribution is -2.39. The molecule has 5 heteroatoms. The molecule has 1 rings (SSSR count). The Morgan fingerprint density at radius 3 is 2.44 bits per heavy atom. The maximum Gasteiger partial charge on any atom is 0.256 e. The van der Waals surface area contributed by atoms with Crippen LogP contribution in [-0.4, -0.2) is 28.0 Å². The number of rotatable bonds is 5. The van der Waals surface area contributed by atoms with E-state index in [1.165, 1.54) is 11.8 Å². The maximum atomic E-state index is 9.31. The lowest BCUT2D eigenvalue weighted by atomic mass is 10.0. The lowest BCUT2D eigenvalue weighted by molar-refractivity contribution is 0.268. The molecule has 1 aromatic rings. The second-order valence-corrected chi connectivity index (χ2v) is 5.47. The number of hydrogen-bond donors (Lipinski definition) is 2. The number of aliphatic hydroxyl groups excluding tert-OH is 1. The normalized spacial score (nSPS) is 15.4. The number of aliphatic hydroxyl groups is 1. The van der Waals surface area contributed by atoms with E-state index in [1.807, 2.05) is 27.7 Å². The Labute approximate surface area is 101 Å². The predicted molar refractivity (Wildman–Crippen MR) is 65.5 cm³/mol. The summed E-state index contributed by atoms with van der Waals surface area (Å²) in [6.45, 7) is 7.90. The summed E-state index contributed by atoms with van der Waals surface area (Å²) < 4.78 is 5.46. The van der Waals surface area contributed by atoms with E-state index < -0.39 is 0 Å². The van der Waals surface area contributed by atoms with Gasteiger partial charge in [0.1, 0.15) is 5.76 Å². The average molecular weight is 244 g/mol. The first-order valence-corrected chi connectivity index (χ1v) is 6.30. The second kappa shape index (κ2) is 5.70. The molecular formula is C11H20N2O2S. The molecule has 4 nitrogen and oxygen atoms in total. The van der Waals surface area contributed by atoms with E-state index >= 15 is 0 Å². The Hall–Kier alpha value is -0.520. The summed E-state index contributed by atoms with van der Waals surface area (Å²) in [6, 6.07) is -0.0671. The Balaban J connectivity index is 2.70. The monoisotopic (exact) mass is 244 g/mol. The van der Waals surface area contributed by atoms with Crippen LogP contribution in [-0.2, 0) is 0 Å². The summed E-state index contributed by atoms with van der Waals surface area (Å²) in [4.78, 5) is 4.27. The zero-order valence-corrected chi connectivity index (χ0v) is 11.0. The van der Waals surface area contributed by atoms with Crippen LogP contribution >= 0.6 is 11.8 Å². The van der Waals surface area contributed by atoms with Gasteiger partial charge in [-0.1, -0.05) is 25.6 Å². The molecule has 0 spiro atoms. The highest BCUT2D eigenvalue weighted by molar-refractivity contribution is 7.99. The SMILES string of the molecule is Cc1nc(SC(CO)C(N)C(C)C)oc1C. The van der Waals surface area contributed by atoms with Crippen molar-refractivity contribution in [2.75, 3.05) is 6.61 Å². The van der Waals surface area contributed by atoms with E-state index in [2.05, 4.69) is 4.98 Å². The Bertz CT molecular complexity index is 319. The van der Waals surface area contributed by atoms with Crippen LogP contribution in [0.5, 0.6) is 0 Å². The molecule has 0 saturated carbocycles. The van der Waals surface area contributed by atoms with Gasteiger partial charge >= 0.3 is 0 Å². The van der Waals surface area contributed by atoms with Gasteiger partial charge in [0.05, 0.1) is 17.6 Å². The van der Waals surface area contributed by atoms with Gasteiger partial charge < -0.3 is 15.3 Å². The number of nitrogens with zero attached hydrogens (tertiary/aromatic N) is 1. The number of nitrogens with two attached hydrogens (primary N) is 1. The van der Waals surface area contributed by atoms with Crippen molar-refractivity contribution in [3.63, 3.8) is 0 Å². The van der Waals surface area contributed by atoms with Gasteiger partial charge in [0.15, 0.2) is 0 Å². The van der Waals surface area contributed by atoms with Gasteiger partial charge in [-0.25, -0.2) is 4.98 Å². The topological polar surface area (TPSA) is 72.3 Å². The summed E-state index contributed by atoms with van der Waals surface area (Å²) >= 11 is 1.41. The van der Waals surface area contributed by atoms with Gasteiger partial charge in [-0.15, -0.1) is 0 Å². The zero-order valence-electron chi connectivity index (χ0n) is 10.2. The molecule has 0 aliphatic carbocycles. The third kappa shape index (κ3) is 3.23. The number of aryl methyl sites for hydroxylation is 2. The summed E-state index contributed by atoms with van der Waals surface area (Å²) in [5, 5.41) is 9.83. The van der Waals surface area contributed by atoms with Crippen molar-refractivity contribution in [2.24, 2.45) is 11.7 Å². The first-order chi connectivity index (χ1) is 7.45. The van der Waals surface area contributed by atoms with Gasteiger partial charge in [-0.3, -0.25) is 0 Å². The minimum atomic E-state index is -0.0718. The standard InChI is InChI=1S/C11H20N2O2S/c1-6(2)10(12)9(5-14)16-11-13-7(3)8(4)15-11/h6,9-10,14H,5,12H2,1-4H3. The van der Waals surface area contributed by atoms with E-state index in [1.54, 1.807) is 0 Å². The van der Waals surface area contributed by atoms with Gasteiger partial charge in [0, 0.05) is 6.04 Å². The molecular weight excluding hydrogens is 224 g/mol. The van der Waals surface area contributed by atoms with Crippen LogP contribution in [0.25, 0.3) is 0 Å². The minimum Gasteiger partial charge on any atom is -0.437 e. The Morgan fingerprint density at radius 2 is 2.06 bits per heavy atom. The zero-order chi connectivity index (χ0) is 12.3. The van der Waals surface area contributed by atoms with Crippen molar-refractivity contribution < 1.29 is 9.52 Å². The predicted octanol–water partition coefficient (Wildman–Crippen LogP) is 1.73. The van der Waals surface area contributed by atoms with Crippen molar-refractivity contribution in [2.45, 2.75) is 44.2 Å². The largest absolute Gasteiger partial charge is 0.437 e. The van der Waals surface area contributed by atoms with E-state index in [0.29, 0.717) is 11.1 Å². The molecule has 16 heavy (non-hydrogen) atoms. The Kier molecular flexibility index (Phi) is 4.83. The smallest absolute Gasteiger partial charge is 0.256 e. The highest BCUT2D eigenvalue weighted by atomic mass is 32.2. The summed E-state index contributed by atoms with van der Waals surface area (Å²) in [6.07, 6.45) is 0. The van der Waals surface area contributed by atoms with Crippen LogP contribution in [0, 0.1) is 19.8 Å². The minimum absolute atomic E-state index is 0.0322. The number of thioether (sulfide) groups is 1. The third-order valence-electron chi connectivity index (χ3n) is 2.64. The van der Waals surface area contributed by atoms with Gasteiger partial charge in [-0.2, -0.15) is 0 Å². The molecule has 1 aromatic heterocycles. The Morgan fingerprint density at radius 1 is 1.44 bits per heavy atom. The van der Waals surface area contributed by atoms with Gasteiger partial charge in [-0.05, 0) is 19.8 Å². The average Bonchev–Trinajstić information content (AvgIpc) is 2.53. The van der Waals surface area contributed by atoms with Crippen molar-refractivity contribution in [3.8, 4) is 0 Å². The van der Waals surface area contributed by atoms with Crippen molar-refractivity contribution in [1.82, 2.24) is 4.98 Å². The lowest BCUT2D eigenvalue weighted by Gasteiger charge is -2.23. The molecule has 0 aliphatic heterocycles. The van der Waals surface area contributed by atoms with Gasteiger partial charge in [0.25, 0.3) is 5.22 Å².